The van der Waals surface area contributed by atoms with Crippen LogP contribution in [0.1, 0.15) is 13.8 Å². The summed E-state index contributed by atoms with van der Waals surface area (Å²) in [4.78, 5) is 6.10. The van der Waals surface area contributed by atoms with Gasteiger partial charge in [0.25, 0.3) is 0 Å². The number of hydrogen-bond acceptors (Lipinski definition) is 4. The summed E-state index contributed by atoms with van der Waals surface area (Å²) in [6, 6.07) is 6.34. The molecule has 0 aromatic heterocycles. The molecule has 0 saturated carbocycles. The van der Waals surface area contributed by atoms with E-state index in [9.17, 15) is 4.39 Å². The Labute approximate surface area is 106 Å². The number of benzene rings is 1. The first-order chi connectivity index (χ1) is 8.49. The third kappa shape index (κ3) is 1.95. The maximum Gasteiger partial charge on any atom is 0.196 e. The van der Waals surface area contributed by atoms with Crippen LogP contribution >= 0.6 is 0 Å². The van der Waals surface area contributed by atoms with Crippen molar-refractivity contribution in [3.8, 4) is 0 Å². The standard InChI is InChI=1S/C13H18FN3O/c1-9(18-3)13(2)8-16-12(15)17(13)11-6-4-5-10(14)7-11/h4-7,9H,8H2,1-3H3,(H2,15,16). The second-order valence-corrected chi connectivity index (χ2v) is 4.72. The molecule has 1 aromatic carbocycles. The van der Waals surface area contributed by atoms with Crippen molar-refractivity contribution in [1.29, 1.82) is 0 Å². The molecule has 0 saturated heterocycles. The number of guanidine groups is 1. The van der Waals surface area contributed by atoms with Gasteiger partial charge in [-0.05, 0) is 32.0 Å². The van der Waals surface area contributed by atoms with Gasteiger partial charge in [-0.15, -0.1) is 0 Å². The first kappa shape index (κ1) is 12.8. The van der Waals surface area contributed by atoms with E-state index in [1.807, 2.05) is 24.8 Å². The Hall–Kier alpha value is -1.62. The summed E-state index contributed by atoms with van der Waals surface area (Å²) in [7, 11) is 1.65. The van der Waals surface area contributed by atoms with Crippen molar-refractivity contribution in [2.24, 2.45) is 10.7 Å². The molecule has 1 aromatic rings. The van der Waals surface area contributed by atoms with Crippen LogP contribution in [0.4, 0.5) is 10.1 Å². The van der Waals surface area contributed by atoms with Crippen LogP contribution in [0.2, 0.25) is 0 Å². The maximum absolute atomic E-state index is 13.3. The minimum absolute atomic E-state index is 0.0782. The summed E-state index contributed by atoms with van der Waals surface area (Å²) in [6.07, 6.45) is -0.0782. The van der Waals surface area contributed by atoms with Gasteiger partial charge in [-0.25, -0.2) is 4.39 Å². The number of nitrogens with zero attached hydrogens (tertiary/aromatic N) is 2. The number of ether oxygens (including phenoxy) is 1. The average Bonchev–Trinajstić information content (AvgIpc) is 2.65. The lowest BCUT2D eigenvalue weighted by Gasteiger charge is -2.39. The average molecular weight is 251 g/mol. The zero-order valence-corrected chi connectivity index (χ0v) is 10.9. The van der Waals surface area contributed by atoms with E-state index in [4.69, 9.17) is 10.5 Å². The molecule has 0 spiro atoms. The molecule has 1 aliphatic rings. The molecule has 0 fully saturated rings. The third-order valence-corrected chi connectivity index (χ3v) is 3.60. The smallest absolute Gasteiger partial charge is 0.196 e. The second-order valence-electron chi connectivity index (χ2n) is 4.72. The minimum Gasteiger partial charge on any atom is -0.379 e. The van der Waals surface area contributed by atoms with Crippen molar-refractivity contribution in [1.82, 2.24) is 0 Å². The van der Waals surface area contributed by atoms with Crippen LogP contribution < -0.4 is 10.6 Å². The fourth-order valence-electron chi connectivity index (χ4n) is 2.25. The largest absolute Gasteiger partial charge is 0.379 e. The van der Waals surface area contributed by atoms with Crippen molar-refractivity contribution < 1.29 is 9.13 Å². The van der Waals surface area contributed by atoms with E-state index in [1.165, 1.54) is 12.1 Å². The Bertz CT molecular complexity index is 477. The highest BCUT2D eigenvalue weighted by molar-refractivity contribution is 5.98. The predicted molar refractivity (Wildman–Crippen MR) is 70.2 cm³/mol. The summed E-state index contributed by atoms with van der Waals surface area (Å²) < 4.78 is 18.7. The first-order valence-electron chi connectivity index (χ1n) is 5.87. The van der Waals surface area contributed by atoms with Gasteiger partial charge in [0.2, 0.25) is 0 Å². The van der Waals surface area contributed by atoms with Crippen molar-refractivity contribution >= 4 is 11.6 Å². The zero-order chi connectivity index (χ0) is 13.3. The molecule has 2 atom stereocenters. The molecular weight excluding hydrogens is 233 g/mol. The van der Waals surface area contributed by atoms with Gasteiger partial charge in [0.15, 0.2) is 5.96 Å². The number of hydrogen-bond donors (Lipinski definition) is 1. The lowest BCUT2D eigenvalue weighted by molar-refractivity contribution is 0.0645. The molecule has 2 rings (SSSR count). The summed E-state index contributed by atoms with van der Waals surface area (Å²) in [5.74, 6) is 0.103. The Morgan fingerprint density at radius 3 is 2.89 bits per heavy atom. The molecule has 5 heteroatoms. The molecule has 98 valence electrons. The molecule has 0 amide bonds. The number of methoxy groups -OCH3 is 1. The Balaban J connectivity index is 2.42. The molecule has 18 heavy (non-hydrogen) atoms. The number of nitrogens with two attached hydrogens (primary N) is 1. The normalized spacial score (nSPS) is 25.1. The minimum atomic E-state index is -0.396. The topological polar surface area (TPSA) is 50.9 Å². The molecule has 0 radical (unpaired) electrons. The van der Waals surface area contributed by atoms with Gasteiger partial charge in [-0.2, -0.15) is 0 Å². The van der Waals surface area contributed by atoms with Crippen molar-refractivity contribution in [2.45, 2.75) is 25.5 Å². The van der Waals surface area contributed by atoms with Gasteiger partial charge < -0.3 is 15.4 Å². The quantitative estimate of drug-likeness (QED) is 0.890. The van der Waals surface area contributed by atoms with Gasteiger partial charge in [0.05, 0.1) is 18.2 Å². The molecule has 4 nitrogen and oxygen atoms in total. The Morgan fingerprint density at radius 1 is 1.56 bits per heavy atom. The fraction of sp³-hybridized carbons (Fsp3) is 0.462. The molecule has 0 aliphatic carbocycles. The summed E-state index contributed by atoms with van der Waals surface area (Å²) in [5.41, 5.74) is 6.23. The number of halogens is 1. The monoisotopic (exact) mass is 251 g/mol. The van der Waals surface area contributed by atoms with E-state index in [-0.39, 0.29) is 11.9 Å². The van der Waals surface area contributed by atoms with Crippen LogP contribution in [-0.2, 0) is 4.74 Å². The SMILES string of the molecule is COC(C)C1(C)CN=C(N)N1c1cccc(F)c1. The Kier molecular flexibility index (Phi) is 3.26. The van der Waals surface area contributed by atoms with E-state index in [1.54, 1.807) is 13.2 Å². The zero-order valence-electron chi connectivity index (χ0n) is 10.9. The van der Waals surface area contributed by atoms with Crippen LogP contribution in [0, 0.1) is 5.82 Å². The van der Waals surface area contributed by atoms with Crippen LogP contribution in [-0.4, -0.2) is 31.3 Å². The Morgan fingerprint density at radius 2 is 2.28 bits per heavy atom. The van der Waals surface area contributed by atoms with Crippen molar-refractivity contribution in [2.75, 3.05) is 18.6 Å². The van der Waals surface area contributed by atoms with Crippen LogP contribution in [0.3, 0.4) is 0 Å². The van der Waals surface area contributed by atoms with Gasteiger partial charge in [0.1, 0.15) is 5.82 Å². The highest BCUT2D eigenvalue weighted by atomic mass is 19.1. The molecular formula is C13H18FN3O. The van der Waals surface area contributed by atoms with Gasteiger partial charge >= 0.3 is 0 Å². The van der Waals surface area contributed by atoms with Crippen molar-refractivity contribution in [3.05, 3.63) is 30.1 Å². The maximum atomic E-state index is 13.3. The van der Waals surface area contributed by atoms with E-state index >= 15 is 0 Å². The van der Waals surface area contributed by atoms with Gasteiger partial charge in [0, 0.05) is 12.8 Å². The molecule has 1 aliphatic heterocycles. The fourth-order valence-corrected chi connectivity index (χ4v) is 2.25. The lowest BCUT2D eigenvalue weighted by Crippen LogP contribution is -2.56. The molecule has 1 heterocycles. The lowest BCUT2D eigenvalue weighted by atomic mass is 9.94. The summed E-state index contributed by atoms with van der Waals surface area (Å²) in [6.45, 7) is 4.50. The van der Waals surface area contributed by atoms with Gasteiger partial charge in [-0.1, -0.05) is 6.07 Å². The van der Waals surface area contributed by atoms with E-state index in [2.05, 4.69) is 4.99 Å². The number of aliphatic imine (C=N–C) groups is 1. The van der Waals surface area contributed by atoms with Crippen LogP contribution in [0.5, 0.6) is 0 Å². The third-order valence-electron chi connectivity index (χ3n) is 3.60. The van der Waals surface area contributed by atoms with E-state index in [0.717, 1.165) is 0 Å². The second kappa shape index (κ2) is 4.57. The molecule has 2 unspecified atom stereocenters. The predicted octanol–water partition coefficient (Wildman–Crippen LogP) is 1.75. The highest BCUT2D eigenvalue weighted by Crippen LogP contribution is 2.32. The first-order valence-corrected chi connectivity index (χ1v) is 5.87. The van der Waals surface area contributed by atoms with E-state index < -0.39 is 5.54 Å². The van der Waals surface area contributed by atoms with Crippen LogP contribution in [0.25, 0.3) is 0 Å². The number of anilines is 1. The van der Waals surface area contributed by atoms with Gasteiger partial charge in [-0.3, -0.25) is 4.99 Å². The molecule has 2 N–H and O–H groups in total. The molecule has 0 bridgehead atoms. The summed E-state index contributed by atoms with van der Waals surface area (Å²) in [5, 5.41) is 0. The van der Waals surface area contributed by atoms with E-state index in [0.29, 0.717) is 18.2 Å². The highest BCUT2D eigenvalue weighted by Gasteiger charge is 2.43. The summed E-state index contributed by atoms with van der Waals surface area (Å²) >= 11 is 0. The number of rotatable bonds is 3. The van der Waals surface area contributed by atoms with Crippen LogP contribution in [0.15, 0.2) is 29.3 Å². The van der Waals surface area contributed by atoms with Crippen molar-refractivity contribution in [3.63, 3.8) is 0 Å².